The molecule has 0 heterocycles. The number of benzene rings is 2. The van der Waals surface area contributed by atoms with Gasteiger partial charge in [-0.3, -0.25) is 4.79 Å². The Labute approximate surface area is 161 Å². The molecule has 1 aliphatic rings. The monoisotopic (exact) mass is 421 g/mol. The molecule has 0 bridgehead atoms. The van der Waals surface area contributed by atoms with Gasteiger partial charge in [-0.05, 0) is 43.2 Å². The first-order valence-corrected chi connectivity index (χ1v) is 9.62. The van der Waals surface area contributed by atoms with Gasteiger partial charge in [-0.15, -0.1) is 0 Å². The predicted molar refractivity (Wildman–Crippen MR) is 108 cm³/mol. The quantitative estimate of drug-likeness (QED) is 0.555. The number of carbonyl (C=O) groups excluding carboxylic acids is 1. The van der Waals surface area contributed by atoms with Gasteiger partial charge in [0.05, 0.1) is 22.1 Å². The van der Waals surface area contributed by atoms with Crippen LogP contribution in [-0.2, 0) is 0 Å². The van der Waals surface area contributed by atoms with Crippen molar-refractivity contribution in [2.45, 2.75) is 38.1 Å². The molecule has 2 aromatic carbocycles. The van der Waals surface area contributed by atoms with E-state index in [0.717, 1.165) is 23.0 Å². The van der Waals surface area contributed by atoms with Gasteiger partial charge in [-0.25, -0.2) is 0 Å². The Morgan fingerprint density at radius 3 is 2.60 bits per heavy atom. The minimum atomic E-state index is -0.211. The molecule has 3 rings (SSSR count). The highest BCUT2D eigenvalue weighted by Gasteiger charge is 2.16. The Morgan fingerprint density at radius 2 is 1.88 bits per heavy atom. The van der Waals surface area contributed by atoms with Crippen LogP contribution in [0.1, 0.15) is 42.5 Å². The van der Waals surface area contributed by atoms with E-state index in [2.05, 4.69) is 26.6 Å². The fourth-order valence-corrected chi connectivity index (χ4v) is 3.72. The number of nitrogens with one attached hydrogen (secondary N) is 2. The van der Waals surface area contributed by atoms with E-state index < -0.39 is 0 Å². The molecule has 0 unspecified atom stereocenters. The molecule has 1 amide bonds. The number of hydrogen-bond donors (Lipinski definition) is 3. The van der Waals surface area contributed by atoms with Crippen molar-refractivity contribution in [1.29, 1.82) is 0 Å². The molecule has 1 fully saturated rings. The molecule has 0 atom stereocenters. The van der Waals surface area contributed by atoms with Crippen molar-refractivity contribution in [2.75, 3.05) is 16.4 Å². The van der Waals surface area contributed by atoms with Crippen LogP contribution < -0.4 is 16.4 Å². The Morgan fingerprint density at radius 1 is 1.12 bits per heavy atom. The maximum Gasteiger partial charge on any atom is 0.255 e. The number of carbonyl (C=O) groups is 1. The maximum absolute atomic E-state index is 12.5. The molecule has 1 saturated carbocycles. The van der Waals surface area contributed by atoms with Crippen molar-refractivity contribution < 1.29 is 4.79 Å². The molecule has 4 nitrogen and oxygen atoms in total. The van der Waals surface area contributed by atoms with Crippen molar-refractivity contribution in [2.24, 2.45) is 0 Å². The highest BCUT2D eigenvalue weighted by atomic mass is 79.9. The van der Waals surface area contributed by atoms with Crippen LogP contribution in [0.5, 0.6) is 0 Å². The molecular weight excluding hydrogens is 402 g/mol. The Hall–Kier alpha value is -1.72. The molecule has 1 aliphatic carbocycles. The van der Waals surface area contributed by atoms with Gasteiger partial charge in [0.1, 0.15) is 0 Å². The molecule has 0 saturated heterocycles. The van der Waals surface area contributed by atoms with Crippen LogP contribution in [0.4, 0.5) is 17.1 Å². The summed E-state index contributed by atoms with van der Waals surface area (Å²) in [4.78, 5) is 12.5. The van der Waals surface area contributed by atoms with Crippen molar-refractivity contribution in [3.8, 4) is 0 Å². The van der Waals surface area contributed by atoms with Crippen molar-refractivity contribution in [3.63, 3.8) is 0 Å². The van der Waals surface area contributed by atoms with E-state index in [0.29, 0.717) is 28.0 Å². The minimum absolute atomic E-state index is 0.211. The van der Waals surface area contributed by atoms with Crippen LogP contribution in [0.2, 0.25) is 5.02 Å². The third kappa shape index (κ3) is 4.67. The van der Waals surface area contributed by atoms with Gasteiger partial charge in [-0.1, -0.05) is 52.9 Å². The Balaban J connectivity index is 1.78. The lowest BCUT2D eigenvalue weighted by atomic mass is 9.95. The van der Waals surface area contributed by atoms with Gasteiger partial charge in [0, 0.05) is 16.1 Å². The molecule has 0 radical (unpaired) electrons. The lowest BCUT2D eigenvalue weighted by Crippen LogP contribution is -2.23. The van der Waals surface area contributed by atoms with Crippen molar-refractivity contribution in [3.05, 3.63) is 51.5 Å². The van der Waals surface area contributed by atoms with E-state index >= 15 is 0 Å². The SMILES string of the molecule is Nc1cc(Cl)c(NC(=O)c2cccc(Br)c2)cc1NC1CCCCC1. The normalized spacial score (nSPS) is 15.0. The highest BCUT2D eigenvalue weighted by molar-refractivity contribution is 9.10. The number of amides is 1. The van der Waals surface area contributed by atoms with Crippen LogP contribution >= 0.6 is 27.5 Å². The second-order valence-corrected chi connectivity index (χ2v) is 7.69. The van der Waals surface area contributed by atoms with E-state index in [1.807, 2.05) is 18.2 Å². The second-order valence-electron chi connectivity index (χ2n) is 6.36. The summed E-state index contributed by atoms with van der Waals surface area (Å²) >= 11 is 9.65. The third-order valence-electron chi connectivity index (χ3n) is 4.44. The van der Waals surface area contributed by atoms with Crippen LogP contribution in [0.3, 0.4) is 0 Å². The summed E-state index contributed by atoms with van der Waals surface area (Å²) in [5.41, 5.74) is 8.63. The van der Waals surface area contributed by atoms with Crippen LogP contribution in [0.15, 0.2) is 40.9 Å². The van der Waals surface area contributed by atoms with Gasteiger partial charge in [-0.2, -0.15) is 0 Å². The zero-order chi connectivity index (χ0) is 17.8. The summed E-state index contributed by atoms with van der Waals surface area (Å²) in [6, 6.07) is 11.1. The standard InChI is InChI=1S/C19H21BrClN3O/c20-13-6-4-5-12(9-13)19(25)24-17-11-18(16(22)10-15(17)21)23-14-7-2-1-3-8-14/h4-6,9-11,14,23H,1-3,7-8,22H2,(H,24,25). The summed E-state index contributed by atoms with van der Waals surface area (Å²) < 4.78 is 0.850. The smallest absolute Gasteiger partial charge is 0.255 e. The molecule has 132 valence electrons. The molecule has 0 aliphatic heterocycles. The topological polar surface area (TPSA) is 67.1 Å². The number of anilines is 3. The molecule has 6 heteroatoms. The summed E-state index contributed by atoms with van der Waals surface area (Å²) in [6.07, 6.45) is 6.04. The average Bonchev–Trinajstić information content (AvgIpc) is 2.60. The highest BCUT2D eigenvalue weighted by Crippen LogP contribution is 2.33. The maximum atomic E-state index is 12.5. The van der Waals surface area contributed by atoms with E-state index in [1.54, 1.807) is 18.2 Å². The number of nitrogens with two attached hydrogens (primary N) is 1. The summed E-state index contributed by atoms with van der Waals surface area (Å²) in [7, 11) is 0. The van der Waals surface area contributed by atoms with Gasteiger partial charge in [0.2, 0.25) is 0 Å². The Kier molecular flexibility index (Phi) is 5.86. The minimum Gasteiger partial charge on any atom is -0.397 e. The van der Waals surface area contributed by atoms with Crippen LogP contribution in [-0.4, -0.2) is 11.9 Å². The van der Waals surface area contributed by atoms with Crippen LogP contribution in [0, 0.1) is 0 Å². The molecule has 2 aromatic rings. The third-order valence-corrected chi connectivity index (χ3v) is 5.24. The lowest BCUT2D eigenvalue weighted by Gasteiger charge is -2.25. The van der Waals surface area contributed by atoms with Crippen LogP contribution in [0.25, 0.3) is 0 Å². The van der Waals surface area contributed by atoms with Gasteiger partial charge in [0.15, 0.2) is 0 Å². The van der Waals surface area contributed by atoms with E-state index in [1.165, 1.54) is 19.3 Å². The Bertz CT molecular complexity index is 775. The zero-order valence-corrected chi connectivity index (χ0v) is 16.2. The number of nitrogen functional groups attached to an aromatic ring is 1. The van der Waals surface area contributed by atoms with E-state index in [-0.39, 0.29) is 5.91 Å². The summed E-state index contributed by atoms with van der Waals surface area (Å²) in [5.74, 6) is -0.211. The van der Waals surface area contributed by atoms with Crippen molar-refractivity contribution in [1.82, 2.24) is 0 Å². The molecule has 25 heavy (non-hydrogen) atoms. The first-order chi connectivity index (χ1) is 12.0. The van der Waals surface area contributed by atoms with Crippen molar-refractivity contribution >= 4 is 50.5 Å². The number of rotatable bonds is 4. The fraction of sp³-hybridized carbons (Fsp3) is 0.316. The molecule has 0 spiro atoms. The second kappa shape index (κ2) is 8.11. The number of hydrogen-bond acceptors (Lipinski definition) is 3. The van der Waals surface area contributed by atoms with Gasteiger partial charge in [0.25, 0.3) is 5.91 Å². The van der Waals surface area contributed by atoms with E-state index in [4.69, 9.17) is 17.3 Å². The number of halogens is 2. The first kappa shape index (κ1) is 18.1. The fourth-order valence-electron chi connectivity index (χ4n) is 3.10. The first-order valence-electron chi connectivity index (χ1n) is 8.45. The summed E-state index contributed by atoms with van der Waals surface area (Å²) in [5, 5.41) is 6.79. The lowest BCUT2D eigenvalue weighted by molar-refractivity contribution is 0.102. The van der Waals surface area contributed by atoms with Gasteiger partial charge < -0.3 is 16.4 Å². The molecule has 0 aromatic heterocycles. The van der Waals surface area contributed by atoms with E-state index in [9.17, 15) is 4.79 Å². The van der Waals surface area contributed by atoms with Gasteiger partial charge >= 0.3 is 0 Å². The molecule has 4 N–H and O–H groups in total. The predicted octanol–water partition coefficient (Wildman–Crippen LogP) is 5.68. The summed E-state index contributed by atoms with van der Waals surface area (Å²) in [6.45, 7) is 0. The average molecular weight is 423 g/mol. The zero-order valence-electron chi connectivity index (χ0n) is 13.8. The molecular formula is C19H21BrClN3O. The largest absolute Gasteiger partial charge is 0.397 e.